The average molecular weight is 407 g/mol. The lowest BCUT2D eigenvalue weighted by atomic mass is 9.97. The number of hydrogen-bond acceptors (Lipinski definition) is 4. The zero-order chi connectivity index (χ0) is 20.1. The summed E-state index contributed by atoms with van der Waals surface area (Å²) >= 11 is 0. The van der Waals surface area contributed by atoms with E-state index in [2.05, 4.69) is 5.10 Å². The lowest BCUT2D eigenvalue weighted by molar-refractivity contribution is 0.308. The van der Waals surface area contributed by atoms with Crippen LogP contribution in [-0.4, -0.2) is 45.9 Å². The Hall–Kier alpha value is -1.93. The molecule has 1 aromatic carbocycles. The van der Waals surface area contributed by atoms with Crippen molar-refractivity contribution in [3.05, 3.63) is 52.2 Å². The van der Waals surface area contributed by atoms with E-state index in [1.807, 2.05) is 44.2 Å². The van der Waals surface area contributed by atoms with Crippen LogP contribution in [0.4, 0.5) is 0 Å². The fourth-order valence-corrected chi connectivity index (χ4v) is 5.44. The van der Waals surface area contributed by atoms with Crippen molar-refractivity contribution in [1.82, 2.24) is 18.7 Å². The van der Waals surface area contributed by atoms with Gasteiger partial charge in [-0.1, -0.05) is 43.7 Å². The van der Waals surface area contributed by atoms with E-state index in [9.17, 15) is 13.2 Å². The molecule has 1 aromatic heterocycles. The van der Waals surface area contributed by atoms with Crippen LogP contribution < -0.4 is 5.69 Å². The molecule has 3 rings (SSSR count). The summed E-state index contributed by atoms with van der Waals surface area (Å²) in [6.07, 6.45) is 2.97. The number of aromatic nitrogens is 3. The van der Waals surface area contributed by atoms with Crippen molar-refractivity contribution in [2.45, 2.75) is 58.5 Å². The highest BCUT2D eigenvalue weighted by Gasteiger charge is 2.31. The zero-order valence-corrected chi connectivity index (χ0v) is 17.6. The summed E-state index contributed by atoms with van der Waals surface area (Å²) in [6, 6.07) is 9.82. The SMILES string of the molecule is CCCCS(=O)(=O)N1CCC(c2nn(Cc3ccccc3)c(=O)n2CC)CC1. The van der Waals surface area contributed by atoms with Gasteiger partial charge in [-0.3, -0.25) is 4.57 Å². The van der Waals surface area contributed by atoms with Gasteiger partial charge in [0.15, 0.2) is 0 Å². The third-order valence-electron chi connectivity index (χ3n) is 5.41. The number of hydrogen-bond donors (Lipinski definition) is 0. The molecule has 1 aliphatic rings. The monoisotopic (exact) mass is 406 g/mol. The number of sulfonamides is 1. The highest BCUT2D eigenvalue weighted by Crippen LogP contribution is 2.28. The largest absolute Gasteiger partial charge is 0.346 e. The maximum atomic E-state index is 12.8. The van der Waals surface area contributed by atoms with E-state index in [1.54, 1.807) is 8.87 Å². The summed E-state index contributed by atoms with van der Waals surface area (Å²) in [7, 11) is -3.17. The van der Waals surface area contributed by atoms with E-state index in [1.165, 1.54) is 4.68 Å². The summed E-state index contributed by atoms with van der Waals surface area (Å²) in [5.41, 5.74) is 0.938. The molecule has 0 amide bonds. The Morgan fingerprint density at radius 1 is 1.11 bits per heavy atom. The molecule has 0 radical (unpaired) electrons. The van der Waals surface area contributed by atoms with Gasteiger partial charge >= 0.3 is 5.69 Å². The molecule has 0 aliphatic carbocycles. The first-order valence-corrected chi connectivity index (χ1v) is 11.8. The van der Waals surface area contributed by atoms with E-state index in [-0.39, 0.29) is 17.4 Å². The Bertz CT molecular complexity index is 926. The van der Waals surface area contributed by atoms with Crippen LogP contribution in [0, 0.1) is 0 Å². The number of nitrogens with zero attached hydrogens (tertiary/aromatic N) is 4. The van der Waals surface area contributed by atoms with Crippen LogP contribution >= 0.6 is 0 Å². The van der Waals surface area contributed by atoms with Crippen LogP contribution in [0.5, 0.6) is 0 Å². The van der Waals surface area contributed by atoms with Crippen molar-refractivity contribution in [2.24, 2.45) is 0 Å². The predicted molar refractivity (Wildman–Crippen MR) is 110 cm³/mol. The van der Waals surface area contributed by atoms with Crippen molar-refractivity contribution in [1.29, 1.82) is 0 Å². The van der Waals surface area contributed by atoms with Crippen LogP contribution in [0.1, 0.15) is 56.8 Å². The van der Waals surface area contributed by atoms with Gasteiger partial charge in [0.25, 0.3) is 0 Å². The summed E-state index contributed by atoms with van der Waals surface area (Å²) in [4.78, 5) is 12.8. The van der Waals surface area contributed by atoms with Gasteiger partial charge in [-0.15, -0.1) is 0 Å². The number of benzene rings is 1. The van der Waals surface area contributed by atoms with Gasteiger partial charge in [-0.25, -0.2) is 22.2 Å². The molecule has 0 N–H and O–H groups in total. The molecule has 8 heteroatoms. The van der Waals surface area contributed by atoms with Gasteiger partial charge in [0.2, 0.25) is 10.0 Å². The number of unbranched alkanes of at least 4 members (excludes halogenated alkanes) is 1. The topological polar surface area (TPSA) is 77.2 Å². The molecule has 0 unspecified atom stereocenters. The van der Waals surface area contributed by atoms with E-state index >= 15 is 0 Å². The van der Waals surface area contributed by atoms with Gasteiger partial charge in [-0.05, 0) is 31.7 Å². The maximum Gasteiger partial charge on any atom is 0.346 e. The second-order valence-corrected chi connectivity index (χ2v) is 9.46. The van der Waals surface area contributed by atoms with Crippen molar-refractivity contribution < 1.29 is 8.42 Å². The van der Waals surface area contributed by atoms with E-state index in [0.717, 1.165) is 17.8 Å². The number of rotatable bonds is 8. The fourth-order valence-electron chi connectivity index (χ4n) is 3.76. The summed E-state index contributed by atoms with van der Waals surface area (Å²) < 4.78 is 29.7. The van der Waals surface area contributed by atoms with Gasteiger partial charge in [0, 0.05) is 25.6 Å². The minimum absolute atomic E-state index is 0.0978. The Balaban J connectivity index is 1.74. The zero-order valence-electron chi connectivity index (χ0n) is 16.7. The smallest absolute Gasteiger partial charge is 0.279 e. The van der Waals surface area contributed by atoms with Crippen LogP contribution in [0.3, 0.4) is 0 Å². The molecule has 1 saturated heterocycles. The summed E-state index contributed by atoms with van der Waals surface area (Å²) in [5.74, 6) is 1.12. The Labute approximate surface area is 167 Å². The maximum absolute atomic E-state index is 12.8. The molecule has 2 heterocycles. The molecule has 154 valence electrons. The van der Waals surface area contributed by atoms with Crippen LogP contribution in [0.15, 0.2) is 35.1 Å². The van der Waals surface area contributed by atoms with E-state index in [0.29, 0.717) is 45.4 Å². The standard InChI is InChI=1S/C20H30N4O3S/c1-3-5-15-28(26,27)22-13-11-18(12-14-22)19-21-24(20(25)23(19)4-2)16-17-9-7-6-8-10-17/h6-10,18H,3-5,11-16H2,1-2H3. The van der Waals surface area contributed by atoms with Gasteiger partial charge < -0.3 is 0 Å². The van der Waals surface area contributed by atoms with Crippen LogP contribution in [0.2, 0.25) is 0 Å². The molecule has 0 spiro atoms. The lowest BCUT2D eigenvalue weighted by Crippen LogP contribution is -2.39. The molecule has 0 saturated carbocycles. The highest BCUT2D eigenvalue weighted by molar-refractivity contribution is 7.89. The molecule has 7 nitrogen and oxygen atoms in total. The second kappa shape index (κ2) is 9.05. The molecule has 2 aromatic rings. The quantitative estimate of drug-likeness (QED) is 0.675. The van der Waals surface area contributed by atoms with E-state index in [4.69, 9.17) is 0 Å². The van der Waals surface area contributed by atoms with Gasteiger partial charge in [-0.2, -0.15) is 5.10 Å². The summed E-state index contributed by atoms with van der Waals surface area (Å²) in [6.45, 7) is 5.96. The van der Waals surface area contributed by atoms with Crippen molar-refractivity contribution >= 4 is 10.0 Å². The molecular formula is C20H30N4O3S. The summed E-state index contributed by atoms with van der Waals surface area (Å²) in [5, 5.41) is 4.64. The van der Waals surface area contributed by atoms with Crippen molar-refractivity contribution in [3.8, 4) is 0 Å². The fraction of sp³-hybridized carbons (Fsp3) is 0.600. The minimum Gasteiger partial charge on any atom is -0.279 e. The molecular weight excluding hydrogens is 376 g/mol. The first-order chi connectivity index (χ1) is 13.5. The molecule has 0 bridgehead atoms. The molecule has 0 atom stereocenters. The number of piperidine rings is 1. The van der Waals surface area contributed by atoms with Gasteiger partial charge in [0.1, 0.15) is 5.82 Å². The normalized spacial score (nSPS) is 16.5. The molecule has 28 heavy (non-hydrogen) atoms. The third-order valence-corrected chi connectivity index (χ3v) is 7.37. The average Bonchev–Trinajstić information content (AvgIpc) is 3.02. The van der Waals surface area contributed by atoms with Crippen LogP contribution in [0.25, 0.3) is 0 Å². The molecule has 1 aliphatic heterocycles. The van der Waals surface area contributed by atoms with Crippen molar-refractivity contribution in [3.63, 3.8) is 0 Å². The third kappa shape index (κ3) is 4.55. The minimum atomic E-state index is -3.17. The first-order valence-electron chi connectivity index (χ1n) is 10.2. The van der Waals surface area contributed by atoms with Crippen LogP contribution in [-0.2, 0) is 23.1 Å². The lowest BCUT2D eigenvalue weighted by Gasteiger charge is -2.30. The Kier molecular flexibility index (Phi) is 6.72. The Morgan fingerprint density at radius 2 is 1.79 bits per heavy atom. The van der Waals surface area contributed by atoms with E-state index < -0.39 is 10.0 Å². The molecule has 1 fully saturated rings. The van der Waals surface area contributed by atoms with Crippen molar-refractivity contribution in [2.75, 3.05) is 18.8 Å². The van der Waals surface area contributed by atoms with Gasteiger partial charge in [0.05, 0.1) is 12.3 Å². The predicted octanol–water partition coefficient (Wildman–Crippen LogP) is 2.42. The first kappa shape index (κ1) is 20.8. The Morgan fingerprint density at radius 3 is 2.39 bits per heavy atom. The second-order valence-electron chi connectivity index (χ2n) is 7.37. The highest BCUT2D eigenvalue weighted by atomic mass is 32.2.